The SMILES string of the molecule is C=C1CC2(C1)NC(=O)C(c1c(Br)cc(OC(F)(F)F)cc1Br)=C2O. The van der Waals surface area contributed by atoms with Gasteiger partial charge >= 0.3 is 6.36 Å². The number of amides is 1. The number of hydrogen-bond donors (Lipinski definition) is 2. The summed E-state index contributed by atoms with van der Waals surface area (Å²) < 4.78 is 41.3. The maximum absolute atomic E-state index is 12.3. The zero-order valence-corrected chi connectivity index (χ0v) is 15.1. The Morgan fingerprint density at radius 2 is 1.79 bits per heavy atom. The lowest BCUT2D eigenvalue weighted by Crippen LogP contribution is -2.51. The van der Waals surface area contributed by atoms with Gasteiger partial charge in [0.1, 0.15) is 17.0 Å². The number of nitrogens with one attached hydrogen (secondary N) is 1. The molecule has 4 nitrogen and oxygen atoms in total. The van der Waals surface area contributed by atoms with Crippen molar-refractivity contribution in [2.45, 2.75) is 24.7 Å². The molecule has 1 fully saturated rings. The number of halogens is 5. The van der Waals surface area contributed by atoms with E-state index < -0.39 is 23.6 Å². The fourth-order valence-corrected chi connectivity index (χ4v) is 4.50. The Bertz CT molecular complexity index is 771. The number of rotatable bonds is 2. The van der Waals surface area contributed by atoms with E-state index in [1.54, 1.807) is 0 Å². The van der Waals surface area contributed by atoms with E-state index in [1.807, 2.05) is 0 Å². The molecule has 1 spiro atoms. The zero-order chi connectivity index (χ0) is 17.9. The molecule has 0 bridgehead atoms. The van der Waals surface area contributed by atoms with Crippen molar-refractivity contribution >= 4 is 43.3 Å². The first-order chi connectivity index (χ1) is 11.0. The normalized spacial score (nSPS) is 19.5. The lowest BCUT2D eigenvalue weighted by molar-refractivity contribution is -0.274. The van der Waals surface area contributed by atoms with Crippen LogP contribution in [-0.4, -0.2) is 22.9 Å². The quantitative estimate of drug-likeness (QED) is 0.624. The van der Waals surface area contributed by atoms with Gasteiger partial charge in [-0.1, -0.05) is 12.2 Å². The molecule has 2 N–H and O–H groups in total. The number of aliphatic hydroxyl groups is 1. The molecule has 9 heteroatoms. The molecule has 3 rings (SSSR count). The monoisotopic (exact) mass is 467 g/mol. The minimum atomic E-state index is -4.83. The van der Waals surface area contributed by atoms with Crippen LogP contribution in [0.3, 0.4) is 0 Å². The van der Waals surface area contributed by atoms with Crippen LogP contribution >= 0.6 is 31.9 Å². The summed E-state index contributed by atoms with van der Waals surface area (Å²) in [6.07, 6.45) is -3.97. The molecule has 0 radical (unpaired) electrons. The van der Waals surface area contributed by atoms with Gasteiger partial charge in [0.25, 0.3) is 5.91 Å². The van der Waals surface area contributed by atoms with Gasteiger partial charge < -0.3 is 15.2 Å². The highest BCUT2D eigenvalue weighted by Gasteiger charge is 2.52. The highest BCUT2D eigenvalue weighted by atomic mass is 79.9. The highest BCUT2D eigenvalue weighted by molar-refractivity contribution is 9.11. The van der Waals surface area contributed by atoms with Crippen LogP contribution < -0.4 is 10.1 Å². The number of carbonyl (C=O) groups is 1. The second-order valence-electron chi connectivity index (χ2n) is 5.67. The summed E-state index contributed by atoms with van der Waals surface area (Å²) in [5.41, 5.74) is 0.313. The number of ether oxygens (including phenoxy) is 1. The van der Waals surface area contributed by atoms with Crippen molar-refractivity contribution in [1.29, 1.82) is 0 Å². The average molecular weight is 469 g/mol. The largest absolute Gasteiger partial charge is 0.573 e. The summed E-state index contributed by atoms with van der Waals surface area (Å²) in [7, 11) is 0. The first-order valence-electron chi connectivity index (χ1n) is 6.70. The van der Waals surface area contributed by atoms with E-state index in [2.05, 4.69) is 48.5 Å². The first-order valence-corrected chi connectivity index (χ1v) is 8.29. The summed E-state index contributed by atoms with van der Waals surface area (Å²) in [4.78, 5) is 12.3. The molecule has 1 aromatic carbocycles. The molecule has 2 aliphatic rings. The molecular weight excluding hydrogens is 459 g/mol. The van der Waals surface area contributed by atoms with Gasteiger partial charge in [-0.15, -0.1) is 13.2 Å². The lowest BCUT2D eigenvalue weighted by atomic mass is 9.72. The minimum Gasteiger partial charge on any atom is -0.509 e. The standard InChI is InChI=1S/C15H10Br2F3NO3/c1-6-4-14(5-6)12(22)11(13(23)21-14)10-8(16)2-7(3-9(10)17)24-15(18,19)20/h2-3,22H,1,4-5H2,(H,21,23). The Balaban J connectivity index is 2.05. The summed E-state index contributed by atoms with van der Waals surface area (Å²) in [5.74, 6) is -1.08. The molecule has 0 unspecified atom stereocenters. The molecule has 1 aliphatic carbocycles. The van der Waals surface area contributed by atoms with Crippen LogP contribution in [0.1, 0.15) is 18.4 Å². The smallest absolute Gasteiger partial charge is 0.509 e. The number of benzene rings is 1. The van der Waals surface area contributed by atoms with E-state index in [9.17, 15) is 23.1 Å². The fraction of sp³-hybridized carbons (Fsp3) is 0.267. The van der Waals surface area contributed by atoms with Gasteiger partial charge in [0, 0.05) is 14.5 Å². The molecule has 128 valence electrons. The van der Waals surface area contributed by atoms with Crippen LogP contribution in [0.25, 0.3) is 5.57 Å². The van der Waals surface area contributed by atoms with Crippen LogP contribution in [0, 0.1) is 0 Å². The topological polar surface area (TPSA) is 58.6 Å². The molecule has 0 saturated heterocycles. The Hall–Kier alpha value is -1.48. The van der Waals surface area contributed by atoms with Crippen LogP contribution in [0.15, 0.2) is 39.0 Å². The molecular formula is C15H10Br2F3NO3. The third-order valence-electron chi connectivity index (χ3n) is 3.87. The summed E-state index contributed by atoms with van der Waals surface area (Å²) in [5, 5.41) is 13.2. The summed E-state index contributed by atoms with van der Waals surface area (Å²) >= 11 is 6.28. The Morgan fingerprint density at radius 3 is 2.25 bits per heavy atom. The van der Waals surface area contributed by atoms with Crippen molar-refractivity contribution in [3.8, 4) is 5.75 Å². The summed E-state index contributed by atoms with van der Waals surface area (Å²) in [6, 6.07) is 2.18. The van der Waals surface area contributed by atoms with Crippen molar-refractivity contribution in [1.82, 2.24) is 5.32 Å². The number of aliphatic hydroxyl groups excluding tert-OH is 1. The third-order valence-corrected chi connectivity index (χ3v) is 5.12. The van der Waals surface area contributed by atoms with E-state index in [-0.39, 0.29) is 25.8 Å². The van der Waals surface area contributed by atoms with E-state index in [1.165, 1.54) is 0 Å². The van der Waals surface area contributed by atoms with Crippen molar-refractivity contribution in [2.75, 3.05) is 0 Å². The van der Waals surface area contributed by atoms with Crippen LogP contribution in [0.4, 0.5) is 13.2 Å². The van der Waals surface area contributed by atoms with Gasteiger partial charge in [0.2, 0.25) is 0 Å². The molecule has 0 atom stereocenters. The van der Waals surface area contributed by atoms with Crippen molar-refractivity contribution in [3.05, 3.63) is 44.6 Å². The van der Waals surface area contributed by atoms with Crippen molar-refractivity contribution in [2.24, 2.45) is 0 Å². The van der Waals surface area contributed by atoms with E-state index in [4.69, 9.17) is 0 Å². The molecule has 0 aromatic heterocycles. The van der Waals surface area contributed by atoms with Crippen molar-refractivity contribution in [3.63, 3.8) is 0 Å². The van der Waals surface area contributed by atoms with Crippen LogP contribution in [0.5, 0.6) is 5.75 Å². The van der Waals surface area contributed by atoms with E-state index >= 15 is 0 Å². The predicted octanol–water partition coefficient (Wildman–Crippen LogP) is 4.60. The van der Waals surface area contributed by atoms with E-state index in [0.717, 1.165) is 17.7 Å². The third kappa shape index (κ3) is 2.83. The predicted molar refractivity (Wildman–Crippen MR) is 87.3 cm³/mol. The zero-order valence-electron chi connectivity index (χ0n) is 11.9. The van der Waals surface area contributed by atoms with Gasteiger partial charge in [-0.3, -0.25) is 4.79 Å². The first kappa shape index (κ1) is 17.3. The Kier molecular flexibility index (Phi) is 3.99. The fourth-order valence-electron chi connectivity index (χ4n) is 2.96. The van der Waals surface area contributed by atoms with E-state index in [0.29, 0.717) is 12.8 Å². The van der Waals surface area contributed by atoms with Crippen molar-refractivity contribution < 1.29 is 27.8 Å². The molecule has 1 heterocycles. The maximum atomic E-state index is 12.3. The summed E-state index contributed by atoms with van der Waals surface area (Å²) in [6.45, 7) is 3.79. The molecule has 24 heavy (non-hydrogen) atoms. The average Bonchev–Trinajstić information content (AvgIpc) is 2.60. The highest BCUT2D eigenvalue weighted by Crippen LogP contribution is 2.49. The molecule has 1 aliphatic heterocycles. The second-order valence-corrected chi connectivity index (χ2v) is 7.38. The van der Waals surface area contributed by atoms with Gasteiger partial charge in [0.05, 0.1) is 5.57 Å². The molecule has 1 amide bonds. The van der Waals surface area contributed by atoms with Gasteiger partial charge in [-0.05, 0) is 56.8 Å². The molecule has 1 aromatic rings. The number of hydrogen-bond acceptors (Lipinski definition) is 3. The number of alkyl halides is 3. The maximum Gasteiger partial charge on any atom is 0.573 e. The molecule has 1 saturated carbocycles. The van der Waals surface area contributed by atoms with Crippen LogP contribution in [0.2, 0.25) is 0 Å². The van der Waals surface area contributed by atoms with Gasteiger partial charge in [0.15, 0.2) is 0 Å². The second kappa shape index (κ2) is 5.52. The Labute approximate surface area is 151 Å². The van der Waals surface area contributed by atoms with Gasteiger partial charge in [-0.2, -0.15) is 0 Å². The number of carbonyl (C=O) groups excluding carboxylic acids is 1. The lowest BCUT2D eigenvalue weighted by Gasteiger charge is -2.39. The Morgan fingerprint density at radius 1 is 1.25 bits per heavy atom. The van der Waals surface area contributed by atoms with Gasteiger partial charge in [-0.25, -0.2) is 0 Å². The van der Waals surface area contributed by atoms with Crippen LogP contribution in [-0.2, 0) is 4.79 Å². The minimum absolute atomic E-state index is 0.0137.